The monoisotopic (exact) mass is 283 g/mol. The summed E-state index contributed by atoms with van der Waals surface area (Å²) in [5, 5.41) is 13.7. The molecule has 4 aliphatic rings. The molecule has 3 saturated carbocycles. The van der Waals surface area contributed by atoms with Crippen molar-refractivity contribution < 1.29 is 9.90 Å². The number of anilines is 1. The van der Waals surface area contributed by atoms with Crippen molar-refractivity contribution in [2.45, 2.75) is 38.2 Å². The predicted octanol–water partition coefficient (Wildman–Crippen LogP) is 2.90. The number of carbonyl (C=O) groups excluding carboxylic acids is 1. The number of aliphatic hydroxyl groups is 1. The maximum absolute atomic E-state index is 11.4. The van der Waals surface area contributed by atoms with Crippen molar-refractivity contribution in [3.63, 3.8) is 0 Å². The fourth-order valence-corrected chi connectivity index (χ4v) is 5.62. The molecule has 0 spiro atoms. The quantitative estimate of drug-likeness (QED) is 0.877. The molecule has 0 aromatic heterocycles. The van der Waals surface area contributed by atoms with E-state index in [0.717, 1.165) is 41.3 Å². The summed E-state index contributed by atoms with van der Waals surface area (Å²) in [5.41, 5.74) is 3.17. The summed E-state index contributed by atoms with van der Waals surface area (Å²) in [5.74, 6) is 4.01. The Labute approximate surface area is 124 Å². The van der Waals surface area contributed by atoms with Crippen molar-refractivity contribution in [3.8, 4) is 0 Å². The normalized spacial score (nSPS) is 40.4. The van der Waals surface area contributed by atoms with E-state index < -0.39 is 0 Å². The van der Waals surface area contributed by atoms with Crippen molar-refractivity contribution in [1.29, 1.82) is 0 Å². The summed E-state index contributed by atoms with van der Waals surface area (Å²) < 4.78 is 0. The molecule has 110 valence electrons. The van der Waals surface area contributed by atoms with E-state index in [0.29, 0.717) is 12.3 Å². The molecule has 1 aromatic carbocycles. The molecular weight excluding hydrogens is 262 g/mol. The molecule has 3 heteroatoms. The lowest BCUT2D eigenvalue weighted by Crippen LogP contribution is -2.19. The van der Waals surface area contributed by atoms with E-state index in [2.05, 4.69) is 11.4 Å². The second kappa shape index (κ2) is 4.10. The third kappa shape index (κ3) is 1.67. The average Bonchev–Trinajstić information content (AvgIpc) is 2.93. The zero-order valence-electron chi connectivity index (χ0n) is 12.1. The lowest BCUT2D eigenvalue weighted by molar-refractivity contribution is -0.116. The van der Waals surface area contributed by atoms with Crippen LogP contribution in [0.5, 0.6) is 0 Å². The van der Waals surface area contributed by atoms with E-state index in [1.54, 1.807) is 0 Å². The molecular formula is C18H21NO2. The number of hydrogen-bond donors (Lipinski definition) is 2. The maximum atomic E-state index is 11.4. The number of amides is 1. The van der Waals surface area contributed by atoms with E-state index in [1.165, 1.54) is 24.8 Å². The van der Waals surface area contributed by atoms with Crippen molar-refractivity contribution in [2.75, 3.05) is 5.32 Å². The first-order valence-electron chi connectivity index (χ1n) is 8.33. The van der Waals surface area contributed by atoms with E-state index >= 15 is 0 Å². The highest BCUT2D eigenvalue weighted by Gasteiger charge is 2.66. The van der Waals surface area contributed by atoms with E-state index in [-0.39, 0.29) is 12.0 Å². The van der Waals surface area contributed by atoms with Gasteiger partial charge in [0.1, 0.15) is 0 Å². The second-order valence-electron chi connectivity index (χ2n) is 7.47. The number of carbonyl (C=O) groups is 1. The molecule has 0 radical (unpaired) electrons. The first kappa shape index (κ1) is 12.2. The van der Waals surface area contributed by atoms with Crippen LogP contribution < -0.4 is 5.32 Å². The van der Waals surface area contributed by atoms with Crippen molar-refractivity contribution >= 4 is 11.6 Å². The Morgan fingerprint density at radius 2 is 1.90 bits per heavy atom. The topological polar surface area (TPSA) is 49.3 Å². The zero-order chi connectivity index (χ0) is 14.1. The molecule has 5 rings (SSSR count). The van der Waals surface area contributed by atoms with Gasteiger partial charge in [0.25, 0.3) is 0 Å². The molecule has 2 bridgehead atoms. The molecule has 21 heavy (non-hydrogen) atoms. The highest BCUT2D eigenvalue weighted by Crippen LogP contribution is 2.72. The Morgan fingerprint density at radius 1 is 1.14 bits per heavy atom. The van der Waals surface area contributed by atoms with Crippen LogP contribution in [0.25, 0.3) is 0 Å². The average molecular weight is 283 g/mol. The van der Waals surface area contributed by atoms with E-state index in [9.17, 15) is 9.90 Å². The summed E-state index contributed by atoms with van der Waals surface area (Å²) in [4.78, 5) is 11.4. The molecule has 5 atom stereocenters. The lowest BCUT2D eigenvalue weighted by atomic mass is 9.92. The van der Waals surface area contributed by atoms with Crippen LogP contribution in [-0.2, 0) is 11.2 Å². The van der Waals surface area contributed by atoms with Crippen LogP contribution in [0.1, 0.15) is 42.9 Å². The standard InChI is InChI=1S/C18H21NO2/c20-14-6-4-9-7-12(3-5-13(9)19-14)18(21)17-15-10-1-2-11(8-10)16(15)17/h3,5,7,10-11,15-18,21H,1-2,4,6,8H2,(H,19,20). The van der Waals surface area contributed by atoms with Crippen LogP contribution in [0.15, 0.2) is 18.2 Å². The van der Waals surface area contributed by atoms with Crippen LogP contribution in [0.4, 0.5) is 5.69 Å². The number of rotatable bonds is 2. The summed E-state index contributed by atoms with van der Waals surface area (Å²) in [6, 6.07) is 6.10. The highest BCUT2D eigenvalue weighted by molar-refractivity contribution is 5.93. The number of fused-ring (bicyclic) bond motifs is 6. The summed E-state index contributed by atoms with van der Waals surface area (Å²) >= 11 is 0. The smallest absolute Gasteiger partial charge is 0.224 e. The Morgan fingerprint density at radius 3 is 2.67 bits per heavy atom. The lowest BCUT2D eigenvalue weighted by Gasteiger charge is -2.20. The minimum atomic E-state index is -0.300. The number of hydrogen-bond acceptors (Lipinski definition) is 2. The van der Waals surface area contributed by atoms with Gasteiger partial charge in [-0.05, 0) is 72.5 Å². The Balaban J connectivity index is 1.40. The van der Waals surface area contributed by atoms with Gasteiger partial charge in [-0.1, -0.05) is 12.1 Å². The maximum Gasteiger partial charge on any atom is 0.224 e. The molecule has 0 saturated heterocycles. The highest BCUT2D eigenvalue weighted by atomic mass is 16.3. The largest absolute Gasteiger partial charge is 0.388 e. The SMILES string of the molecule is O=C1CCc2cc(C(O)C3C4C5CCC(C5)C43)ccc2N1. The zero-order valence-corrected chi connectivity index (χ0v) is 12.1. The van der Waals surface area contributed by atoms with Gasteiger partial charge in [0.2, 0.25) is 5.91 Å². The molecule has 3 nitrogen and oxygen atoms in total. The molecule has 5 unspecified atom stereocenters. The van der Waals surface area contributed by atoms with Gasteiger partial charge in [-0.15, -0.1) is 0 Å². The third-order valence-electron chi connectivity index (χ3n) is 6.53. The number of nitrogens with one attached hydrogen (secondary N) is 1. The number of aliphatic hydroxyl groups excluding tert-OH is 1. The predicted molar refractivity (Wildman–Crippen MR) is 79.7 cm³/mol. The third-order valence-corrected chi connectivity index (χ3v) is 6.53. The summed E-state index contributed by atoms with van der Waals surface area (Å²) in [7, 11) is 0. The van der Waals surface area contributed by atoms with Crippen LogP contribution in [0.2, 0.25) is 0 Å². The van der Waals surface area contributed by atoms with E-state index in [1.807, 2.05) is 12.1 Å². The van der Waals surface area contributed by atoms with Crippen LogP contribution in [0, 0.1) is 29.6 Å². The van der Waals surface area contributed by atoms with Gasteiger partial charge in [-0.2, -0.15) is 0 Å². The van der Waals surface area contributed by atoms with Gasteiger partial charge in [-0.25, -0.2) is 0 Å². The van der Waals surface area contributed by atoms with Gasteiger partial charge in [-0.3, -0.25) is 4.79 Å². The molecule has 3 fully saturated rings. The second-order valence-corrected chi connectivity index (χ2v) is 7.47. The fourth-order valence-electron chi connectivity index (χ4n) is 5.62. The molecule has 1 heterocycles. The molecule has 1 aromatic rings. The molecule has 1 amide bonds. The van der Waals surface area contributed by atoms with Gasteiger partial charge >= 0.3 is 0 Å². The van der Waals surface area contributed by atoms with Crippen LogP contribution in [0.3, 0.4) is 0 Å². The molecule has 1 aliphatic heterocycles. The Kier molecular flexibility index (Phi) is 2.38. The van der Waals surface area contributed by atoms with Gasteiger partial charge in [0.05, 0.1) is 6.10 Å². The number of benzene rings is 1. The van der Waals surface area contributed by atoms with Gasteiger partial charge < -0.3 is 10.4 Å². The van der Waals surface area contributed by atoms with Gasteiger partial charge in [0, 0.05) is 12.1 Å². The van der Waals surface area contributed by atoms with Crippen LogP contribution in [-0.4, -0.2) is 11.0 Å². The minimum absolute atomic E-state index is 0.101. The Hall–Kier alpha value is -1.35. The first-order chi connectivity index (χ1) is 10.2. The Bertz CT molecular complexity index is 610. The number of aryl methyl sites for hydroxylation is 1. The molecule has 3 aliphatic carbocycles. The van der Waals surface area contributed by atoms with Crippen LogP contribution >= 0.6 is 0 Å². The van der Waals surface area contributed by atoms with Crippen molar-refractivity contribution in [1.82, 2.24) is 0 Å². The van der Waals surface area contributed by atoms with E-state index in [4.69, 9.17) is 0 Å². The van der Waals surface area contributed by atoms with Crippen molar-refractivity contribution in [3.05, 3.63) is 29.3 Å². The fraction of sp³-hybridized carbons (Fsp3) is 0.611. The van der Waals surface area contributed by atoms with Crippen molar-refractivity contribution in [2.24, 2.45) is 29.6 Å². The minimum Gasteiger partial charge on any atom is -0.388 e. The molecule has 2 N–H and O–H groups in total. The first-order valence-corrected chi connectivity index (χ1v) is 8.33. The summed E-state index contributed by atoms with van der Waals surface area (Å²) in [6.07, 6.45) is 5.27. The summed E-state index contributed by atoms with van der Waals surface area (Å²) in [6.45, 7) is 0. The van der Waals surface area contributed by atoms with Gasteiger partial charge in [0.15, 0.2) is 0 Å².